The normalized spacial score (nSPS) is 17.4. The van der Waals surface area contributed by atoms with Crippen LogP contribution >= 0.6 is 0 Å². The zero-order chi connectivity index (χ0) is 14.6. The molecule has 1 aromatic rings. The first kappa shape index (κ1) is 14.5. The third-order valence-electron chi connectivity index (χ3n) is 3.93. The molecule has 1 fully saturated rings. The van der Waals surface area contributed by atoms with Crippen LogP contribution in [0.5, 0.6) is 0 Å². The number of hydrogen-bond acceptors (Lipinski definition) is 3. The highest BCUT2D eigenvalue weighted by Crippen LogP contribution is 2.31. The molecular weight excluding hydrogens is 256 g/mol. The van der Waals surface area contributed by atoms with E-state index < -0.39 is 11.5 Å². The number of pyridine rings is 1. The predicted octanol–water partition coefficient (Wildman–Crippen LogP) is 2.30. The van der Waals surface area contributed by atoms with Gasteiger partial charge < -0.3 is 10.4 Å². The lowest BCUT2D eigenvalue weighted by atomic mass is 9.79. The number of aliphatic carboxylic acids is 1. The van der Waals surface area contributed by atoms with E-state index in [1.54, 1.807) is 25.3 Å². The second-order valence-corrected chi connectivity index (χ2v) is 5.50. The quantitative estimate of drug-likeness (QED) is 0.884. The standard InChI is InChI=1S/C15H20N2O3/c1-11-12(6-5-9-16-11)14(20)17-15(10-13(18)19)7-3-2-4-8-15/h5-6,9H,2-4,7-8,10H2,1H3,(H,17,20)(H,18,19). The Morgan fingerprint density at radius 2 is 2.05 bits per heavy atom. The molecular formula is C15H20N2O3. The summed E-state index contributed by atoms with van der Waals surface area (Å²) < 4.78 is 0. The van der Waals surface area contributed by atoms with E-state index >= 15 is 0 Å². The number of amides is 1. The SMILES string of the molecule is Cc1ncccc1C(=O)NC1(CC(=O)O)CCCCC1. The van der Waals surface area contributed by atoms with Crippen LogP contribution in [0.25, 0.3) is 0 Å². The van der Waals surface area contributed by atoms with Crippen molar-refractivity contribution in [1.82, 2.24) is 10.3 Å². The molecule has 108 valence electrons. The van der Waals surface area contributed by atoms with Crippen LogP contribution in [0.3, 0.4) is 0 Å². The Morgan fingerprint density at radius 3 is 2.65 bits per heavy atom. The first-order valence-corrected chi connectivity index (χ1v) is 6.98. The van der Waals surface area contributed by atoms with Gasteiger partial charge in [-0.05, 0) is 31.9 Å². The minimum atomic E-state index is -0.866. The highest BCUT2D eigenvalue weighted by molar-refractivity contribution is 5.95. The van der Waals surface area contributed by atoms with Gasteiger partial charge in [0.25, 0.3) is 5.91 Å². The number of carbonyl (C=O) groups excluding carboxylic acids is 1. The number of carbonyl (C=O) groups is 2. The minimum absolute atomic E-state index is 0.0158. The molecule has 1 saturated carbocycles. The topological polar surface area (TPSA) is 79.3 Å². The van der Waals surface area contributed by atoms with E-state index in [1.165, 1.54) is 0 Å². The molecule has 0 unspecified atom stereocenters. The molecule has 2 N–H and O–H groups in total. The summed E-state index contributed by atoms with van der Waals surface area (Å²) in [5, 5.41) is 12.1. The van der Waals surface area contributed by atoms with Crippen molar-refractivity contribution in [3.63, 3.8) is 0 Å². The molecule has 0 saturated heterocycles. The van der Waals surface area contributed by atoms with Crippen LogP contribution in [-0.4, -0.2) is 27.5 Å². The van der Waals surface area contributed by atoms with Crippen LogP contribution in [0.2, 0.25) is 0 Å². The molecule has 0 aliphatic heterocycles. The van der Waals surface area contributed by atoms with Crippen molar-refractivity contribution in [3.05, 3.63) is 29.6 Å². The number of aryl methyl sites for hydroxylation is 1. The largest absolute Gasteiger partial charge is 0.481 e. The van der Waals surface area contributed by atoms with Crippen LogP contribution in [0.1, 0.15) is 54.6 Å². The molecule has 2 rings (SSSR count). The Balaban J connectivity index is 2.17. The van der Waals surface area contributed by atoms with E-state index in [-0.39, 0.29) is 12.3 Å². The Labute approximate surface area is 118 Å². The number of nitrogens with one attached hydrogen (secondary N) is 1. The monoisotopic (exact) mass is 276 g/mol. The molecule has 0 aromatic carbocycles. The van der Waals surface area contributed by atoms with Crippen LogP contribution in [0.15, 0.2) is 18.3 Å². The third kappa shape index (κ3) is 3.35. The molecule has 1 aromatic heterocycles. The number of hydrogen-bond donors (Lipinski definition) is 2. The lowest BCUT2D eigenvalue weighted by Gasteiger charge is -2.37. The van der Waals surface area contributed by atoms with Gasteiger partial charge in [-0.2, -0.15) is 0 Å². The van der Waals surface area contributed by atoms with Crippen LogP contribution in [-0.2, 0) is 4.79 Å². The molecule has 0 bridgehead atoms. The first-order chi connectivity index (χ1) is 9.52. The average molecular weight is 276 g/mol. The minimum Gasteiger partial charge on any atom is -0.481 e. The molecule has 1 aliphatic carbocycles. The molecule has 20 heavy (non-hydrogen) atoms. The van der Waals surface area contributed by atoms with Crippen molar-refractivity contribution in [2.45, 2.75) is 51.0 Å². The lowest BCUT2D eigenvalue weighted by molar-refractivity contribution is -0.139. The van der Waals surface area contributed by atoms with Gasteiger partial charge in [-0.1, -0.05) is 19.3 Å². The predicted molar refractivity (Wildman–Crippen MR) is 74.5 cm³/mol. The van der Waals surface area contributed by atoms with Gasteiger partial charge in [0.1, 0.15) is 0 Å². The lowest BCUT2D eigenvalue weighted by Crippen LogP contribution is -2.51. The fraction of sp³-hybridized carbons (Fsp3) is 0.533. The highest BCUT2D eigenvalue weighted by Gasteiger charge is 2.36. The van der Waals surface area contributed by atoms with E-state index in [0.717, 1.165) is 32.1 Å². The summed E-state index contributed by atoms with van der Waals surface area (Å²) in [6.07, 6.45) is 6.09. The van der Waals surface area contributed by atoms with Gasteiger partial charge in [0.2, 0.25) is 0 Å². The van der Waals surface area contributed by atoms with Crippen molar-refractivity contribution in [3.8, 4) is 0 Å². The molecule has 5 heteroatoms. The fourth-order valence-corrected chi connectivity index (χ4v) is 2.90. The maximum absolute atomic E-state index is 12.4. The maximum Gasteiger partial charge on any atom is 0.305 e. The van der Waals surface area contributed by atoms with Gasteiger partial charge >= 0.3 is 5.97 Å². The zero-order valence-corrected chi connectivity index (χ0v) is 11.7. The first-order valence-electron chi connectivity index (χ1n) is 6.98. The summed E-state index contributed by atoms with van der Waals surface area (Å²) >= 11 is 0. The highest BCUT2D eigenvalue weighted by atomic mass is 16.4. The number of nitrogens with zero attached hydrogens (tertiary/aromatic N) is 1. The van der Waals surface area contributed by atoms with E-state index in [0.29, 0.717) is 11.3 Å². The summed E-state index contributed by atoms with van der Waals surface area (Å²) in [5.41, 5.74) is 0.567. The van der Waals surface area contributed by atoms with Crippen LogP contribution in [0.4, 0.5) is 0 Å². The second-order valence-electron chi connectivity index (χ2n) is 5.50. The molecule has 5 nitrogen and oxygen atoms in total. The van der Waals surface area contributed by atoms with Gasteiger partial charge in [0.15, 0.2) is 0 Å². The molecule has 1 heterocycles. The fourth-order valence-electron chi connectivity index (χ4n) is 2.90. The number of rotatable bonds is 4. The number of carboxylic acids is 1. The Bertz CT molecular complexity index is 508. The van der Waals surface area contributed by atoms with Crippen molar-refractivity contribution < 1.29 is 14.7 Å². The van der Waals surface area contributed by atoms with Crippen molar-refractivity contribution >= 4 is 11.9 Å². The van der Waals surface area contributed by atoms with Crippen molar-refractivity contribution in [2.75, 3.05) is 0 Å². The van der Waals surface area contributed by atoms with E-state index in [4.69, 9.17) is 5.11 Å². The smallest absolute Gasteiger partial charge is 0.305 e. The van der Waals surface area contributed by atoms with Crippen LogP contribution < -0.4 is 5.32 Å². The summed E-state index contributed by atoms with van der Waals surface area (Å²) in [6, 6.07) is 3.43. The Kier molecular flexibility index (Phi) is 4.37. The average Bonchev–Trinajstić information content (AvgIpc) is 2.39. The van der Waals surface area contributed by atoms with Gasteiger partial charge in [0, 0.05) is 11.9 Å². The molecule has 0 spiro atoms. The summed E-state index contributed by atoms with van der Waals surface area (Å²) in [5.74, 6) is -1.09. The Morgan fingerprint density at radius 1 is 1.35 bits per heavy atom. The molecule has 0 radical (unpaired) electrons. The second kappa shape index (κ2) is 6.03. The third-order valence-corrected chi connectivity index (χ3v) is 3.93. The van der Waals surface area contributed by atoms with E-state index in [9.17, 15) is 9.59 Å². The van der Waals surface area contributed by atoms with Crippen LogP contribution in [0, 0.1) is 6.92 Å². The molecule has 1 aliphatic rings. The number of carboxylic acid groups (broad SMARTS) is 1. The Hall–Kier alpha value is -1.91. The van der Waals surface area contributed by atoms with Gasteiger partial charge in [-0.3, -0.25) is 14.6 Å². The van der Waals surface area contributed by atoms with Crippen molar-refractivity contribution in [1.29, 1.82) is 0 Å². The van der Waals surface area contributed by atoms with E-state index in [2.05, 4.69) is 10.3 Å². The summed E-state index contributed by atoms with van der Waals surface area (Å²) in [6.45, 7) is 1.78. The van der Waals surface area contributed by atoms with E-state index in [1.807, 2.05) is 0 Å². The molecule has 1 amide bonds. The molecule has 0 atom stereocenters. The summed E-state index contributed by atoms with van der Waals surface area (Å²) in [7, 11) is 0. The summed E-state index contributed by atoms with van der Waals surface area (Å²) in [4.78, 5) is 27.6. The van der Waals surface area contributed by atoms with Gasteiger partial charge in [-0.25, -0.2) is 0 Å². The van der Waals surface area contributed by atoms with Gasteiger partial charge in [0.05, 0.1) is 17.5 Å². The van der Waals surface area contributed by atoms with Gasteiger partial charge in [-0.15, -0.1) is 0 Å². The number of aromatic nitrogens is 1. The zero-order valence-electron chi connectivity index (χ0n) is 11.7. The maximum atomic E-state index is 12.4. The van der Waals surface area contributed by atoms with Crippen molar-refractivity contribution in [2.24, 2.45) is 0 Å².